The minimum absolute atomic E-state index is 0.0229. The predicted molar refractivity (Wildman–Crippen MR) is 103 cm³/mol. The fourth-order valence-corrected chi connectivity index (χ4v) is 4.52. The van der Waals surface area contributed by atoms with E-state index in [2.05, 4.69) is 4.98 Å². The lowest BCUT2D eigenvalue weighted by molar-refractivity contribution is 0.0712. The standard InChI is InChI=1S/C19H18ClN3O2S/c1-25-17-5-2-13(11-21-17)19(24)23-8-6-12(7-9-23)18-22-15-10-14(20)3-4-16(15)26-18/h2-5,10-12H,6-9H2,1H3. The Hall–Kier alpha value is -2.18. The molecule has 0 spiro atoms. The second kappa shape index (κ2) is 7.21. The van der Waals surface area contributed by atoms with Gasteiger partial charge in [-0.1, -0.05) is 11.6 Å². The van der Waals surface area contributed by atoms with Crippen molar-refractivity contribution >= 4 is 39.1 Å². The first kappa shape index (κ1) is 17.2. The Morgan fingerprint density at radius 1 is 1.27 bits per heavy atom. The fraction of sp³-hybridized carbons (Fsp3) is 0.316. The van der Waals surface area contributed by atoms with Crippen LogP contribution in [0.4, 0.5) is 0 Å². The van der Waals surface area contributed by atoms with Gasteiger partial charge in [0.2, 0.25) is 5.88 Å². The number of pyridine rings is 1. The van der Waals surface area contributed by atoms with E-state index in [9.17, 15) is 4.79 Å². The molecule has 1 aromatic carbocycles. The van der Waals surface area contributed by atoms with Gasteiger partial charge in [0.05, 0.1) is 27.9 Å². The number of rotatable bonds is 3. The number of carbonyl (C=O) groups is 1. The molecule has 7 heteroatoms. The molecule has 0 saturated carbocycles. The van der Waals surface area contributed by atoms with E-state index in [0.717, 1.165) is 41.2 Å². The van der Waals surface area contributed by atoms with Crippen molar-refractivity contribution < 1.29 is 9.53 Å². The molecule has 1 amide bonds. The molecule has 134 valence electrons. The Kier molecular flexibility index (Phi) is 4.78. The van der Waals surface area contributed by atoms with Crippen molar-refractivity contribution in [2.75, 3.05) is 20.2 Å². The number of piperidine rings is 1. The van der Waals surface area contributed by atoms with Gasteiger partial charge in [0.25, 0.3) is 5.91 Å². The molecule has 4 rings (SSSR count). The first-order valence-corrected chi connectivity index (χ1v) is 9.69. The Bertz CT molecular complexity index is 934. The SMILES string of the molecule is COc1ccc(C(=O)N2CCC(c3nc4cc(Cl)ccc4s3)CC2)cn1. The number of ether oxygens (including phenoxy) is 1. The summed E-state index contributed by atoms with van der Waals surface area (Å²) in [5, 5.41) is 1.85. The summed E-state index contributed by atoms with van der Waals surface area (Å²) < 4.78 is 6.20. The summed E-state index contributed by atoms with van der Waals surface area (Å²) >= 11 is 7.78. The van der Waals surface area contributed by atoms with E-state index in [1.807, 2.05) is 23.1 Å². The zero-order chi connectivity index (χ0) is 18.1. The highest BCUT2D eigenvalue weighted by molar-refractivity contribution is 7.18. The van der Waals surface area contributed by atoms with Crippen LogP contribution in [0.1, 0.15) is 34.1 Å². The Morgan fingerprint density at radius 3 is 2.77 bits per heavy atom. The number of hydrogen-bond acceptors (Lipinski definition) is 5. The number of amides is 1. The molecular formula is C19H18ClN3O2S. The maximum absolute atomic E-state index is 12.6. The largest absolute Gasteiger partial charge is 0.481 e. The van der Waals surface area contributed by atoms with Crippen LogP contribution in [0.5, 0.6) is 5.88 Å². The van der Waals surface area contributed by atoms with Gasteiger partial charge in [0.15, 0.2) is 0 Å². The lowest BCUT2D eigenvalue weighted by atomic mass is 9.97. The monoisotopic (exact) mass is 387 g/mol. The number of thiazole rings is 1. The van der Waals surface area contributed by atoms with E-state index in [4.69, 9.17) is 21.3 Å². The van der Waals surface area contributed by atoms with Crippen LogP contribution in [-0.2, 0) is 0 Å². The van der Waals surface area contributed by atoms with E-state index in [0.29, 0.717) is 22.4 Å². The molecule has 0 N–H and O–H groups in total. The van der Waals surface area contributed by atoms with E-state index < -0.39 is 0 Å². The summed E-state index contributed by atoms with van der Waals surface area (Å²) in [5.41, 5.74) is 1.55. The smallest absolute Gasteiger partial charge is 0.255 e. The molecule has 5 nitrogen and oxygen atoms in total. The quantitative estimate of drug-likeness (QED) is 0.669. The molecule has 1 fully saturated rings. The molecule has 3 aromatic rings. The number of fused-ring (bicyclic) bond motifs is 1. The first-order valence-electron chi connectivity index (χ1n) is 8.49. The lowest BCUT2D eigenvalue weighted by Crippen LogP contribution is -2.37. The van der Waals surface area contributed by atoms with Crippen LogP contribution in [0.25, 0.3) is 10.2 Å². The predicted octanol–water partition coefficient (Wildman–Crippen LogP) is 4.37. The van der Waals surface area contributed by atoms with Crippen LogP contribution in [0, 0.1) is 0 Å². The highest BCUT2D eigenvalue weighted by Gasteiger charge is 2.26. The Balaban J connectivity index is 1.43. The second-order valence-corrected chi connectivity index (χ2v) is 7.82. The lowest BCUT2D eigenvalue weighted by Gasteiger charge is -2.31. The van der Waals surface area contributed by atoms with E-state index in [1.54, 1.807) is 36.8 Å². The molecule has 2 aromatic heterocycles. The average molecular weight is 388 g/mol. The normalized spacial score (nSPS) is 15.4. The van der Waals surface area contributed by atoms with Gasteiger partial charge in [0.1, 0.15) is 0 Å². The highest BCUT2D eigenvalue weighted by Crippen LogP contribution is 2.35. The number of methoxy groups -OCH3 is 1. The van der Waals surface area contributed by atoms with Crippen molar-refractivity contribution in [3.8, 4) is 5.88 Å². The topological polar surface area (TPSA) is 55.3 Å². The molecule has 3 heterocycles. The minimum Gasteiger partial charge on any atom is -0.481 e. The second-order valence-electron chi connectivity index (χ2n) is 6.32. The van der Waals surface area contributed by atoms with Gasteiger partial charge >= 0.3 is 0 Å². The van der Waals surface area contributed by atoms with Gasteiger partial charge < -0.3 is 9.64 Å². The third-order valence-corrected chi connectivity index (χ3v) is 6.12. The number of aromatic nitrogens is 2. The van der Waals surface area contributed by atoms with Crippen molar-refractivity contribution in [2.45, 2.75) is 18.8 Å². The van der Waals surface area contributed by atoms with Crippen molar-refractivity contribution in [3.63, 3.8) is 0 Å². The number of halogens is 1. The molecule has 0 bridgehead atoms. The molecule has 0 aliphatic carbocycles. The van der Waals surface area contributed by atoms with Crippen LogP contribution < -0.4 is 4.74 Å². The van der Waals surface area contributed by atoms with Crippen molar-refractivity contribution in [1.82, 2.24) is 14.9 Å². The van der Waals surface area contributed by atoms with Gasteiger partial charge in [-0.25, -0.2) is 9.97 Å². The summed E-state index contributed by atoms with van der Waals surface area (Å²) in [6, 6.07) is 9.31. The Labute approximate surface area is 160 Å². The van der Waals surface area contributed by atoms with Gasteiger partial charge in [-0.2, -0.15) is 0 Å². The fourth-order valence-electron chi connectivity index (χ4n) is 3.23. The molecule has 1 saturated heterocycles. The van der Waals surface area contributed by atoms with Crippen LogP contribution in [0.2, 0.25) is 5.02 Å². The van der Waals surface area contributed by atoms with E-state index in [1.165, 1.54) is 0 Å². The number of hydrogen-bond donors (Lipinski definition) is 0. The zero-order valence-electron chi connectivity index (χ0n) is 14.3. The van der Waals surface area contributed by atoms with Crippen molar-refractivity contribution in [1.29, 1.82) is 0 Å². The number of benzene rings is 1. The molecule has 1 aliphatic rings. The summed E-state index contributed by atoms with van der Waals surface area (Å²) in [4.78, 5) is 23.4. The summed E-state index contributed by atoms with van der Waals surface area (Å²) in [6.07, 6.45) is 3.41. The summed E-state index contributed by atoms with van der Waals surface area (Å²) in [7, 11) is 1.56. The maximum atomic E-state index is 12.6. The van der Waals surface area contributed by atoms with Gasteiger partial charge in [-0.3, -0.25) is 4.79 Å². The van der Waals surface area contributed by atoms with Gasteiger partial charge in [-0.05, 0) is 37.1 Å². The van der Waals surface area contributed by atoms with Crippen molar-refractivity contribution in [2.24, 2.45) is 0 Å². The van der Waals surface area contributed by atoms with Crippen LogP contribution in [-0.4, -0.2) is 41.0 Å². The summed E-state index contributed by atoms with van der Waals surface area (Å²) in [6.45, 7) is 1.46. The Morgan fingerprint density at radius 2 is 2.08 bits per heavy atom. The van der Waals surface area contributed by atoms with Crippen LogP contribution >= 0.6 is 22.9 Å². The molecule has 0 radical (unpaired) electrons. The molecule has 1 aliphatic heterocycles. The molecule has 0 unspecified atom stereocenters. The number of nitrogens with zero attached hydrogens (tertiary/aromatic N) is 3. The number of carbonyl (C=O) groups excluding carboxylic acids is 1. The van der Waals surface area contributed by atoms with Crippen molar-refractivity contribution in [3.05, 3.63) is 52.1 Å². The molecule has 26 heavy (non-hydrogen) atoms. The molecule has 0 atom stereocenters. The third-order valence-electron chi connectivity index (χ3n) is 4.69. The van der Waals surface area contributed by atoms with E-state index in [-0.39, 0.29) is 5.91 Å². The third kappa shape index (κ3) is 3.39. The van der Waals surface area contributed by atoms with Gasteiger partial charge in [-0.15, -0.1) is 11.3 Å². The van der Waals surface area contributed by atoms with Crippen LogP contribution in [0.15, 0.2) is 36.5 Å². The highest BCUT2D eigenvalue weighted by atomic mass is 35.5. The molecular weight excluding hydrogens is 370 g/mol. The van der Waals surface area contributed by atoms with Crippen LogP contribution in [0.3, 0.4) is 0 Å². The zero-order valence-corrected chi connectivity index (χ0v) is 15.9. The number of likely N-dealkylation sites (tertiary alicyclic amines) is 1. The first-order chi connectivity index (χ1) is 12.6. The summed E-state index contributed by atoms with van der Waals surface area (Å²) in [5.74, 6) is 0.926. The van der Waals surface area contributed by atoms with Gasteiger partial charge in [0, 0.05) is 36.3 Å². The van der Waals surface area contributed by atoms with E-state index >= 15 is 0 Å². The average Bonchev–Trinajstić information content (AvgIpc) is 3.11. The minimum atomic E-state index is 0.0229. The maximum Gasteiger partial charge on any atom is 0.255 e.